The summed E-state index contributed by atoms with van der Waals surface area (Å²) >= 11 is 6.49. The average molecular weight is 592 g/mol. The third-order valence-electron chi connectivity index (χ3n) is 6.57. The van der Waals surface area contributed by atoms with Gasteiger partial charge in [-0.2, -0.15) is 9.78 Å². The third kappa shape index (κ3) is 6.41. The van der Waals surface area contributed by atoms with Crippen molar-refractivity contribution in [1.29, 1.82) is 0 Å². The maximum absolute atomic E-state index is 13.8. The van der Waals surface area contributed by atoms with Gasteiger partial charge in [-0.15, -0.1) is 0 Å². The number of aryl methyl sites for hydroxylation is 1. The molecule has 0 amide bonds. The van der Waals surface area contributed by atoms with Crippen molar-refractivity contribution in [3.05, 3.63) is 80.6 Å². The minimum absolute atomic E-state index is 0.113. The number of hydrogen-bond acceptors (Lipinski definition) is 7. The standard InChI is InChI=1S/C32H34ClN3O6/c1-7-40-27-13-19(5)24(16-23(27)18(3)4)30-35-26-12-10-9-11-22(26)31(37)36(30)34-17-21-14-25(33)29(28(15-21)41-8-2)42-20(6)32(38)39/h9-18,20H,7-8H2,1-6H3,(H,38,39)/t20-/m0/s1. The van der Waals surface area contributed by atoms with Gasteiger partial charge in [0.2, 0.25) is 0 Å². The number of aliphatic carboxylic acids is 1. The van der Waals surface area contributed by atoms with E-state index in [2.05, 4.69) is 18.9 Å². The van der Waals surface area contributed by atoms with E-state index in [-0.39, 0.29) is 28.0 Å². The minimum Gasteiger partial charge on any atom is -0.494 e. The Kier molecular flexibility index (Phi) is 9.52. The van der Waals surface area contributed by atoms with Crippen LogP contribution in [0.25, 0.3) is 22.3 Å². The van der Waals surface area contributed by atoms with Crippen LogP contribution in [-0.2, 0) is 4.79 Å². The lowest BCUT2D eigenvalue weighted by Gasteiger charge is -2.18. The topological polar surface area (TPSA) is 112 Å². The van der Waals surface area contributed by atoms with Crippen LogP contribution in [0.4, 0.5) is 0 Å². The molecule has 0 aliphatic rings. The summed E-state index contributed by atoms with van der Waals surface area (Å²) in [7, 11) is 0. The van der Waals surface area contributed by atoms with Crippen molar-refractivity contribution in [3.63, 3.8) is 0 Å². The van der Waals surface area contributed by atoms with Gasteiger partial charge < -0.3 is 19.3 Å². The van der Waals surface area contributed by atoms with Crippen LogP contribution in [0, 0.1) is 6.92 Å². The number of carboxylic acid groups (broad SMARTS) is 1. The van der Waals surface area contributed by atoms with Crippen molar-refractivity contribution in [2.45, 2.75) is 53.6 Å². The lowest BCUT2D eigenvalue weighted by molar-refractivity contribution is -0.144. The Morgan fingerprint density at radius 2 is 1.76 bits per heavy atom. The predicted octanol–water partition coefficient (Wildman–Crippen LogP) is 6.68. The first-order valence-corrected chi connectivity index (χ1v) is 14.1. The lowest BCUT2D eigenvalue weighted by atomic mass is 9.96. The van der Waals surface area contributed by atoms with Crippen LogP contribution in [0.2, 0.25) is 5.02 Å². The molecule has 0 unspecified atom stereocenters. The summed E-state index contributed by atoms with van der Waals surface area (Å²) in [6, 6.07) is 14.3. The molecular formula is C32H34ClN3O6. The van der Waals surface area contributed by atoms with Crippen LogP contribution < -0.4 is 19.8 Å². The summed E-state index contributed by atoms with van der Waals surface area (Å²) in [6.45, 7) is 12.1. The molecule has 0 fully saturated rings. The van der Waals surface area contributed by atoms with Gasteiger partial charge >= 0.3 is 5.97 Å². The molecule has 42 heavy (non-hydrogen) atoms. The van der Waals surface area contributed by atoms with Crippen LogP contribution in [0.5, 0.6) is 17.2 Å². The fourth-order valence-electron chi connectivity index (χ4n) is 4.47. The van der Waals surface area contributed by atoms with Gasteiger partial charge in [-0.05, 0) is 86.7 Å². The number of nitrogens with zero attached hydrogens (tertiary/aromatic N) is 3. The molecule has 1 heterocycles. The second-order valence-corrected chi connectivity index (χ2v) is 10.4. The van der Waals surface area contributed by atoms with Crippen molar-refractivity contribution in [1.82, 2.24) is 9.66 Å². The molecule has 4 aromatic rings. The number of carboxylic acids is 1. The van der Waals surface area contributed by atoms with E-state index >= 15 is 0 Å². The van der Waals surface area contributed by atoms with E-state index in [1.807, 2.05) is 32.0 Å². The molecule has 9 nitrogen and oxygen atoms in total. The summed E-state index contributed by atoms with van der Waals surface area (Å²) in [5.74, 6) is 0.571. The highest BCUT2D eigenvalue weighted by atomic mass is 35.5. The Balaban J connectivity index is 1.90. The number of para-hydroxylation sites is 1. The molecule has 0 saturated heterocycles. The van der Waals surface area contributed by atoms with Gasteiger partial charge in [-0.3, -0.25) is 4.79 Å². The second kappa shape index (κ2) is 13.1. The molecule has 0 aliphatic heterocycles. The first-order valence-electron chi connectivity index (χ1n) is 13.7. The zero-order chi connectivity index (χ0) is 30.6. The number of halogens is 1. The molecule has 1 atom stereocenters. The van der Waals surface area contributed by atoms with Gasteiger partial charge in [0, 0.05) is 5.56 Å². The van der Waals surface area contributed by atoms with E-state index in [0.29, 0.717) is 35.5 Å². The van der Waals surface area contributed by atoms with Crippen LogP contribution >= 0.6 is 11.6 Å². The molecule has 0 bridgehead atoms. The number of fused-ring (bicyclic) bond motifs is 1. The highest BCUT2D eigenvalue weighted by Gasteiger charge is 2.21. The number of hydrogen-bond donors (Lipinski definition) is 1. The zero-order valence-corrected chi connectivity index (χ0v) is 25.2. The van der Waals surface area contributed by atoms with Gasteiger partial charge in [0.1, 0.15) is 5.75 Å². The first-order chi connectivity index (χ1) is 20.0. The Labute approximate surface area is 249 Å². The molecule has 0 radical (unpaired) electrons. The number of rotatable bonds is 11. The van der Waals surface area contributed by atoms with Crippen molar-refractivity contribution >= 4 is 34.7 Å². The van der Waals surface area contributed by atoms with E-state index in [1.165, 1.54) is 17.8 Å². The van der Waals surface area contributed by atoms with Crippen LogP contribution in [-0.4, -0.2) is 46.3 Å². The first kappa shape index (κ1) is 30.6. The summed E-state index contributed by atoms with van der Waals surface area (Å²) in [5.41, 5.74) is 3.36. The Morgan fingerprint density at radius 1 is 1.07 bits per heavy atom. The van der Waals surface area contributed by atoms with E-state index in [9.17, 15) is 14.7 Å². The SMILES string of the molecule is CCOc1cc(C)c(-c2nc3ccccc3c(=O)n2N=Cc2cc(Cl)c(O[C@@H](C)C(=O)O)c(OCC)c2)cc1C(C)C. The molecule has 220 valence electrons. The predicted molar refractivity (Wildman–Crippen MR) is 165 cm³/mol. The molecule has 0 aliphatic carbocycles. The molecule has 0 saturated carbocycles. The molecule has 1 N–H and O–H groups in total. The molecule has 3 aromatic carbocycles. The lowest BCUT2D eigenvalue weighted by Crippen LogP contribution is -2.23. The summed E-state index contributed by atoms with van der Waals surface area (Å²) < 4.78 is 18.4. The summed E-state index contributed by atoms with van der Waals surface area (Å²) in [6.07, 6.45) is 0.340. The zero-order valence-electron chi connectivity index (χ0n) is 24.5. The van der Waals surface area contributed by atoms with E-state index < -0.39 is 12.1 Å². The smallest absolute Gasteiger partial charge is 0.344 e. The summed E-state index contributed by atoms with van der Waals surface area (Å²) in [4.78, 5) is 30.0. The van der Waals surface area contributed by atoms with Crippen molar-refractivity contribution < 1.29 is 24.1 Å². The minimum atomic E-state index is -1.14. The summed E-state index contributed by atoms with van der Waals surface area (Å²) in [5, 5.41) is 14.4. The van der Waals surface area contributed by atoms with Gasteiger partial charge in [-0.1, -0.05) is 37.6 Å². The van der Waals surface area contributed by atoms with Gasteiger partial charge in [-0.25, -0.2) is 9.78 Å². The van der Waals surface area contributed by atoms with E-state index in [4.69, 9.17) is 30.8 Å². The maximum atomic E-state index is 13.8. The number of ether oxygens (including phenoxy) is 3. The molecule has 0 spiro atoms. The highest BCUT2D eigenvalue weighted by molar-refractivity contribution is 6.32. The number of benzene rings is 3. The van der Waals surface area contributed by atoms with E-state index in [0.717, 1.165) is 22.4 Å². The van der Waals surface area contributed by atoms with Gasteiger partial charge in [0.25, 0.3) is 5.56 Å². The van der Waals surface area contributed by atoms with Crippen LogP contribution in [0.15, 0.2) is 58.4 Å². The second-order valence-electron chi connectivity index (χ2n) is 9.97. The van der Waals surface area contributed by atoms with Gasteiger partial charge in [0.15, 0.2) is 23.4 Å². The molecule has 10 heteroatoms. The quantitative estimate of drug-likeness (QED) is 0.194. The Hall–Kier alpha value is -4.37. The maximum Gasteiger partial charge on any atom is 0.344 e. The average Bonchev–Trinajstić information content (AvgIpc) is 2.94. The highest BCUT2D eigenvalue weighted by Crippen LogP contribution is 2.37. The largest absolute Gasteiger partial charge is 0.494 e. The van der Waals surface area contributed by atoms with Crippen LogP contribution in [0.3, 0.4) is 0 Å². The number of carbonyl (C=O) groups is 1. The van der Waals surface area contributed by atoms with E-state index in [1.54, 1.807) is 37.3 Å². The third-order valence-corrected chi connectivity index (χ3v) is 6.85. The monoisotopic (exact) mass is 591 g/mol. The fraction of sp³-hybridized carbons (Fsp3) is 0.312. The van der Waals surface area contributed by atoms with Crippen LogP contribution in [0.1, 0.15) is 57.2 Å². The van der Waals surface area contributed by atoms with Crippen molar-refractivity contribution in [2.75, 3.05) is 13.2 Å². The van der Waals surface area contributed by atoms with Crippen molar-refractivity contribution in [3.8, 4) is 28.6 Å². The normalized spacial score (nSPS) is 12.2. The fourth-order valence-corrected chi connectivity index (χ4v) is 4.73. The van der Waals surface area contributed by atoms with Gasteiger partial charge in [0.05, 0.1) is 35.4 Å². The molecule has 1 aromatic heterocycles. The molecule has 4 rings (SSSR count). The number of aromatic nitrogens is 2. The Bertz CT molecular complexity index is 1710. The molecular weight excluding hydrogens is 558 g/mol. The van der Waals surface area contributed by atoms with Crippen molar-refractivity contribution in [2.24, 2.45) is 5.10 Å². The Morgan fingerprint density at radius 3 is 2.43 bits per heavy atom.